The maximum absolute atomic E-state index is 12.9. The van der Waals surface area contributed by atoms with Crippen LogP contribution in [-0.4, -0.2) is 42.1 Å². The third-order valence-corrected chi connectivity index (χ3v) is 4.71. The molecule has 1 saturated heterocycles. The third kappa shape index (κ3) is 4.39. The second-order valence-corrected chi connectivity index (χ2v) is 6.58. The molecule has 1 aliphatic rings. The molecular formula is C21H21FN2O3. The SMILES string of the molecule is Cc1ccccc1N1CCN(C(=O)CCC(=O)c2ccc(F)cc2)CC1=O. The van der Waals surface area contributed by atoms with Gasteiger partial charge in [-0.1, -0.05) is 18.2 Å². The van der Waals surface area contributed by atoms with Crippen molar-refractivity contribution in [2.24, 2.45) is 0 Å². The highest BCUT2D eigenvalue weighted by molar-refractivity contribution is 6.00. The number of piperazine rings is 1. The Labute approximate surface area is 157 Å². The Morgan fingerprint density at radius 2 is 1.70 bits per heavy atom. The largest absolute Gasteiger partial charge is 0.332 e. The molecule has 1 heterocycles. The van der Waals surface area contributed by atoms with Crippen LogP contribution in [0.15, 0.2) is 48.5 Å². The van der Waals surface area contributed by atoms with E-state index in [1.54, 1.807) is 4.90 Å². The van der Waals surface area contributed by atoms with E-state index in [1.807, 2.05) is 31.2 Å². The van der Waals surface area contributed by atoms with Gasteiger partial charge >= 0.3 is 0 Å². The zero-order valence-corrected chi connectivity index (χ0v) is 15.2. The number of Topliss-reactive ketones (excluding diaryl/α,β-unsaturated/α-hetero) is 1. The topological polar surface area (TPSA) is 57.7 Å². The van der Waals surface area contributed by atoms with Crippen LogP contribution in [0.4, 0.5) is 10.1 Å². The predicted octanol–water partition coefficient (Wildman–Crippen LogP) is 2.97. The number of halogens is 1. The minimum absolute atomic E-state index is 0.0118. The molecule has 3 rings (SSSR count). The lowest BCUT2D eigenvalue weighted by atomic mass is 10.1. The van der Waals surface area contributed by atoms with Crippen LogP contribution in [0.3, 0.4) is 0 Å². The second-order valence-electron chi connectivity index (χ2n) is 6.58. The van der Waals surface area contributed by atoms with Gasteiger partial charge < -0.3 is 9.80 Å². The number of nitrogens with zero attached hydrogens (tertiary/aromatic N) is 2. The maximum Gasteiger partial charge on any atom is 0.246 e. The Morgan fingerprint density at radius 3 is 2.37 bits per heavy atom. The molecule has 2 amide bonds. The molecule has 0 radical (unpaired) electrons. The van der Waals surface area contributed by atoms with Gasteiger partial charge in [-0.25, -0.2) is 4.39 Å². The number of para-hydroxylation sites is 1. The van der Waals surface area contributed by atoms with E-state index in [1.165, 1.54) is 29.2 Å². The molecule has 0 N–H and O–H groups in total. The number of ketones is 1. The molecule has 27 heavy (non-hydrogen) atoms. The average molecular weight is 368 g/mol. The number of carbonyl (C=O) groups is 3. The highest BCUT2D eigenvalue weighted by Gasteiger charge is 2.28. The summed E-state index contributed by atoms with van der Waals surface area (Å²) < 4.78 is 12.9. The lowest BCUT2D eigenvalue weighted by Gasteiger charge is -2.35. The van der Waals surface area contributed by atoms with Gasteiger partial charge in [0.2, 0.25) is 11.8 Å². The third-order valence-electron chi connectivity index (χ3n) is 4.71. The van der Waals surface area contributed by atoms with E-state index in [0.717, 1.165) is 11.3 Å². The quantitative estimate of drug-likeness (QED) is 0.763. The van der Waals surface area contributed by atoms with Crippen molar-refractivity contribution in [2.45, 2.75) is 19.8 Å². The van der Waals surface area contributed by atoms with Gasteiger partial charge in [0.05, 0.1) is 0 Å². The summed E-state index contributed by atoms with van der Waals surface area (Å²) in [5.74, 6) is -0.974. The summed E-state index contributed by atoms with van der Waals surface area (Å²) in [5, 5.41) is 0. The minimum atomic E-state index is -0.410. The van der Waals surface area contributed by atoms with Gasteiger partial charge in [-0.05, 0) is 42.8 Å². The Balaban J connectivity index is 1.55. The van der Waals surface area contributed by atoms with Crippen LogP contribution in [0.5, 0.6) is 0 Å². The summed E-state index contributed by atoms with van der Waals surface area (Å²) in [7, 11) is 0. The summed E-state index contributed by atoms with van der Waals surface area (Å²) >= 11 is 0. The van der Waals surface area contributed by atoms with Crippen LogP contribution in [0, 0.1) is 12.7 Å². The number of hydrogen-bond acceptors (Lipinski definition) is 3. The first-order valence-electron chi connectivity index (χ1n) is 8.88. The smallest absolute Gasteiger partial charge is 0.246 e. The molecule has 1 fully saturated rings. The molecule has 1 aliphatic heterocycles. The second kappa shape index (κ2) is 8.12. The van der Waals surface area contributed by atoms with Crippen molar-refractivity contribution in [3.05, 3.63) is 65.5 Å². The zero-order valence-electron chi connectivity index (χ0n) is 15.2. The molecule has 0 aliphatic carbocycles. The van der Waals surface area contributed by atoms with Gasteiger partial charge in [-0.2, -0.15) is 0 Å². The molecule has 0 saturated carbocycles. The Bertz CT molecular complexity index is 864. The van der Waals surface area contributed by atoms with Crippen molar-refractivity contribution in [3.63, 3.8) is 0 Å². The van der Waals surface area contributed by atoms with E-state index in [9.17, 15) is 18.8 Å². The minimum Gasteiger partial charge on any atom is -0.332 e. The van der Waals surface area contributed by atoms with E-state index < -0.39 is 5.82 Å². The Hall–Kier alpha value is -3.02. The van der Waals surface area contributed by atoms with Gasteiger partial charge in [-0.3, -0.25) is 14.4 Å². The van der Waals surface area contributed by atoms with Crippen LogP contribution in [-0.2, 0) is 9.59 Å². The predicted molar refractivity (Wildman–Crippen MR) is 100 cm³/mol. The molecule has 0 spiro atoms. The molecule has 0 unspecified atom stereocenters. The Morgan fingerprint density at radius 1 is 1.00 bits per heavy atom. The average Bonchev–Trinajstić information content (AvgIpc) is 2.67. The summed E-state index contributed by atoms with van der Waals surface area (Å²) in [6.45, 7) is 2.82. The fourth-order valence-electron chi connectivity index (χ4n) is 3.17. The molecule has 5 nitrogen and oxygen atoms in total. The first kappa shape index (κ1) is 18.8. The van der Waals surface area contributed by atoms with Crippen molar-refractivity contribution in [3.8, 4) is 0 Å². The maximum atomic E-state index is 12.9. The summed E-state index contributed by atoms with van der Waals surface area (Å²) in [6, 6.07) is 12.9. The van der Waals surface area contributed by atoms with Gasteiger partial charge in [-0.15, -0.1) is 0 Å². The number of benzene rings is 2. The first-order valence-corrected chi connectivity index (χ1v) is 8.88. The summed E-state index contributed by atoms with van der Waals surface area (Å²) in [6.07, 6.45) is 0.0739. The van der Waals surface area contributed by atoms with Gasteiger partial charge in [0, 0.05) is 37.2 Å². The van der Waals surface area contributed by atoms with Crippen LogP contribution in [0.1, 0.15) is 28.8 Å². The molecule has 2 aromatic carbocycles. The number of amides is 2. The van der Waals surface area contributed by atoms with Gasteiger partial charge in [0.1, 0.15) is 12.4 Å². The van der Waals surface area contributed by atoms with Crippen molar-refractivity contribution < 1.29 is 18.8 Å². The van der Waals surface area contributed by atoms with E-state index in [2.05, 4.69) is 0 Å². The molecule has 0 aromatic heterocycles. The number of hydrogen-bond donors (Lipinski definition) is 0. The molecule has 0 atom stereocenters. The van der Waals surface area contributed by atoms with Crippen molar-refractivity contribution >= 4 is 23.3 Å². The fourth-order valence-corrected chi connectivity index (χ4v) is 3.17. The summed E-state index contributed by atoms with van der Waals surface area (Å²) in [5.41, 5.74) is 2.25. The van der Waals surface area contributed by atoms with Crippen LogP contribution >= 0.6 is 0 Å². The lowest BCUT2D eigenvalue weighted by molar-refractivity contribution is -0.136. The van der Waals surface area contributed by atoms with Crippen LogP contribution in [0.25, 0.3) is 0 Å². The van der Waals surface area contributed by atoms with Crippen molar-refractivity contribution in [1.82, 2.24) is 4.90 Å². The zero-order chi connectivity index (χ0) is 19.4. The van der Waals surface area contributed by atoms with Crippen molar-refractivity contribution in [1.29, 1.82) is 0 Å². The highest BCUT2D eigenvalue weighted by atomic mass is 19.1. The molecular weight excluding hydrogens is 347 g/mol. The fraction of sp³-hybridized carbons (Fsp3) is 0.286. The van der Waals surface area contributed by atoms with Gasteiger partial charge in [0.25, 0.3) is 0 Å². The standard InChI is InChI=1S/C21H21FN2O3/c1-15-4-2-3-5-18(15)24-13-12-23(14-21(24)27)20(26)11-10-19(25)16-6-8-17(22)9-7-16/h2-9H,10-14H2,1H3. The van der Waals surface area contributed by atoms with E-state index in [0.29, 0.717) is 18.7 Å². The lowest BCUT2D eigenvalue weighted by Crippen LogP contribution is -2.52. The summed E-state index contributed by atoms with van der Waals surface area (Å²) in [4.78, 5) is 40.2. The van der Waals surface area contributed by atoms with E-state index >= 15 is 0 Å². The highest BCUT2D eigenvalue weighted by Crippen LogP contribution is 2.22. The number of rotatable bonds is 5. The molecule has 140 valence electrons. The van der Waals surface area contributed by atoms with E-state index in [-0.39, 0.29) is 37.0 Å². The Kier molecular flexibility index (Phi) is 5.64. The number of carbonyl (C=O) groups excluding carboxylic acids is 3. The molecule has 6 heteroatoms. The number of anilines is 1. The van der Waals surface area contributed by atoms with Crippen LogP contribution < -0.4 is 4.90 Å². The van der Waals surface area contributed by atoms with Crippen LogP contribution in [0.2, 0.25) is 0 Å². The monoisotopic (exact) mass is 368 g/mol. The first-order chi connectivity index (χ1) is 13.0. The van der Waals surface area contributed by atoms with E-state index in [4.69, 9.17) is 0 Å². The van der Waals surface area contributed by atoms with Crippen molar-refractivity contribution in [2.75, 3.05) is 24.5 Å². The normalized spacial score (nSPS) is 14.4. The molecule has 0 bridgehead atoms. The number of aryl methyl sites for hydroxylation is 1. The van der Waals surface area contributed by atoms with Gasteiger partial charge in [0.15, 0.2) is 5.78 Å². The molecule has 2 aromatic rings.